The molecule has 0 aromatic heterocycles. The summed E-state index contributed by atoms with van der Waals surface area (Å²) in [5.41, 5.74) is 0.573. The number of halogens is 2. The van der Waals surface area contributed by atoms with Gasteiger partial charge in [-0.3, -0.25) is 0 Å². The van der Waals surface area contributed by atoms with Crippen molar-refractivity contribution in [2.45, 2.75) is 38.2 Å². The van der Waals surface area contributed by atoms with Gasteiger partial charge in [0.1, 0.15) is 17.9 Å². The average Bonchev–Trinajstić information content (AvgIpc) is 2.34. The predicted molar refractivity (Wildman–Crippen MR) is 67.9 cm³/mol. The summed E-state index contributed by atoms with van der Waals surface area (Å²) >= 11 is 0. The van der Waals surface area contributed by atoms with Gasteiger partial charge in [0.25, 0.3) is 0 Å². The van der Waals surface area contributed by atoms with Gasteiger partial charge in [-0.1, -0.05) is 0 Å². The Morgan fingerprint density at radius 2 is 2.05 bits per heavy atom. The van der Waals surface area contributed by atoms with Gasteiger partial charge in [-0.15, -0.1) is 0 Å². The van der Waals surface area contributed by atoms with Crippen LogP contribution in [0.3, 0.4) is 0 Å². The van der Waals surface area contributed by atoms with Gasteiger partial charge in [-0.05, 0) is 49.3 Å². The lowest BCUT2D eigenvalue weighted by Gasteiger charge is -2.33. The molecule has 3 atom stereocenters. The Morgan fingerprint density at radius 1 is 1.37 bits per heavy atom. The van der Waals surface area contributed by atoms with Crippen LogP contribution in [-0.2, 0) is 9.53 Å². The smallest absolute Gasteiger partial charge is 0.126 e. The lowest BCUT2D eigenvalue weighted by molar-refractivity contribution is -0.108. The molecule has 1 aliphatic rings. The van der Waals surface area contributed by atoms with E-state index < -0.39 is 11.6 Å². The van der Waals surface area contributed by atoms with Crippen molar-refractivity contribution < 1.29 is 18.3 Å². The van der Waals surface area contributed by atoms with Crippen LogP contribution in [0.4, 0.5) is 8.78 Å². The van der Waals surface area contributed by atoms with Gasteiger partial charge in [0.05, 0.1) is 6.10 Å². The molecule has 1 aromatic carbocycles. The maximum atomic E-state index is 13.3. The first-order valence-electron chi connectivity index (χ1n) is 6.61. The standard InChI is InChI=1S/C15H18F2O2/c1-10-6-11(3-5-19-10)15(2-4-18)12-7-13(16)9-14(17)8-12/h4,7-11,15H,2-3,5-6H2,1H3/t10-,11?,15-/m1/s1. The topological polar surface area (TPSA) is 26.3 Å². The van der Waals surface area contributed by atoms with Crippen LogP contribution in [0.15, 0.2) is 18.2 Å². The molecule has 1 aromatic rings. The number of carbonyl (C=O) groups excluding carboxylic acids is 1. The van der Waals surface area contributed by atoms with Gasteiger partial charge in [0.15, 0.2) is 0 Å². The summed E-state index contributed by atoms with van der Waals surface area (Å²) in [7, 11) is 0. The van der Waals surface area contributed by atoms with Gasteiger partial charge < -0.3 is 9.53 Å². The van der Waals surface area contributed by atoms with Gasteiger partial charge in [0.2, 0.25) is 0 Å². The normalized spacial score (nSPS) is 25.0. The molecule has 4 heteroatoms. The van der Waals surface area contributed by atoms with E-state index >= 15 is 0 Å². The minimum Gasteiger partial charge on any atom is -0.378 e. The molecule has 104 valence electrons. The fourth-order valence-corrected chi connectivity index (χ4v) is 2.89. The van der Waals surface area contributed by atoms with Crippen molar-refractivity contribution in [3.63, 3.8) is 0 Å². The second kappa shape index (κ2) is 6.24. The number of hydrogen-bond donors (Lipinski definition) is 0. The third-order valence-corrected chi connectivity index (χ3v) is 3.76. The first-order chi connectivity index (χ1) is 9.10. The lowest BCUT2D eigenvalue weighted by Crippen LogP contribution is -2.27. The van der Waals surface area contributed by atoms with E-state index in [2.05, 4.69) is 0 Å². The van der Waals surface area contributed by atoms with Crippen LogP contribution in [0.2, 0.25) is 0 Å². The molecule has 19 heavy (non-hydrogen) atoms. The molecule has 1 fully saturated rings. The zero-order valence-corrected chi connectivity index (χ0v) is 10.9. The number of rotatable bonds is 4. The minimum absolute atomic E-state index is 0.131. The van der Waals surface area contributed by atoms with E-state index in [1.54, 1.807) is 0 Å². The van der Waals surface area contributed by atoms with Crippen molar-refractivity contribution >= 4 is 6.29 Å². The highest BCUT2D eigenvalue weighted by Crippen LogP contribution is 2.36. The van der Waals surface area contributed by atoms with Gasteiger partial charge in [0, 0.05) is 19.1 Å². The van der Waals surface area contributed by atoms with E-state index in [1.807, 2.05) is 6.92 Å². The molecule has 1 unspecified atom stereocenters. The third kappa shape index (κ3) is 3.60. The number of ether oxygens (including phenoxy) is 1. The van der Waals surface area contributed by atoms with Crippen LogP contribution in [0.5, 0.6) is 0 Å². The second-order valence-electron chi connectivity index (χ2n) is 5.18. The Morgan fingerprint density at radius 3 is 2.63 bits per heavy atom. The highest BCUT2D eigenvalue weighted by molar-refractivity contribution is 5.52. The number of benzene rings is 1. The zero-order valence-electron chi connectivity index (χ0n) is 10.9. The molecule has 0 aliphatic carbocycles. The summed E-state index contributed by atoms with van der Waals surface area (Å²) < 4.78 is 32.1. The first kappa shape index (κ1) is 14.1. The molecule has 1 aliphatic heterocycles. The minimum atomic E-state index is -0.592. The molecule has 0 amide bonds. The van der Waals surface area contributed by atoms with E-state index in [0.29, 0.717) is 18.6 Å². The van der Waals surface area contributed by atoms with Gasteiger partial charge in [-0.25, -0.2) is 8.78 Å². The number of aldehydes is 1. The van der Waals surface area contributed by atoms with Crippen LogP contribution in [0.25, 0.3) is 0 Å². The van der Waals surface area contributed by atoms with Crippen molar-refractivity contribution in [1.82, 2.24) is 0 Å². The summed E-state index contributed by atoms with van der Waals surface area (Å²) in [5.74, 6) is -1.08. The van der Waals surface area contributed by atoms with E-state index in [0.717, 1.165) is 25.2 Å². The molecule has 2 rings (SSSR count). The van der Waals surface area contributed by atoms with E-state index in [4.69, 9.17) is 4.74 Å². The first-order valence-corrected chi connectivity index (χ1v) is 6.61. The zero-order chi connectivity index (χ0) is 13.8. The lowest BCUT2D eigenvalue weighted by atomic mass is 9.78. The third-order valence-electron chi connectivity index (χ3n) is 3.76. The van der Waals surface area contributed by atoms with Gasteiger partial charge >= 0.3 is 0 Å². The Hall–Kier alpha value is -1.29. The Bertz CT molecular complexity index is 428. The molecule has 1 saturated heterocycles. The monoisotopic (exact) mass is 268 g/mol. The summed E-state index contributed by atoms with van der Waals surface area (Å²) in [6.07, 6.45) is 2.89. The SMILES string of the molecule is C[C@@H]1CC([C@@H](CC=O)c2cc(F)cc(F)c2)CCO1. The van der Waals surface area contributed by atoms with E-state index in [1.165, 1.54) is 12.1 Å². The quantitative estimate of drug-likeness (QED) is 0.782. The van der Waals surface area contributed by atoms with Crippen LogP contribution in [0, 0.1) is 17.6 Å². The Kier molecular flexibility index (Phi) is 4.64. The van der Waals surface area contributed by atoms with Crippen LogP contribution in [0.1, 0.15) is 37.7 Å². The summed E-state index contributed by atoms with van der Waals surface area (Å²) in [6.45, 7) is 2.62. The predicted octanol–water partition coefficient (Wildman–Crippen LogP) is 3.45. The molecule has 0 bridgehead atoms. The highest BCUT2D eigenvalue weighted by Gasteiger charge is 2.28. The molecule has 0 spiro atoms. The fraction of sp³-hybridized carbons (Fsp3) is 0.533. The maximum Gasteiger partial charge on any atom is 0.126 e. The van der Waals surface area contributed by atoms with Crippen molar-refractivity contribution in [2.24, 2.45) is 5.92 Å². The van der Waals surface area contributed by atoms with E-state index in [9.17, 15) is 13.6 Å². The largest absolute Gasteiger partial charge is 0.378 e. The number of carbonyl (C=O) groups is 1. The molecule has 0 radical (unpaired) electrons. The van der Waals surface area contributed by atoms with Crippen molar-refractivity contribution in [3.8, 4) is 0 Å². The van der Waals surface area contributed by atoms with Crippen LogP contribution in [-0.4, -0.2) is 19.0 Å². The van der Waals surface area contributed by atoms with Crippen molar-refractivity contribution in [1.29, 1.82) is 0 Å². The summed E-state index contributed by atoms with van der Waals surface area (Å²) in [6, 6.07) is 3.52. The Balaban J connectivity index is 2.25. The molecular weight excluding hydrogens is 250 g/mol. The molecule has 1 heterocycles. The Labute approximate surface area is 111 Å². The maximum absolute atomic E-state index is 13.3. The molecule has 2 nitrogen and oxygen atoms in total. The second-order valence-corrected chi connectivity index (χ2v) is 5.18. The fourth-order valence-electron chi connectivity index (χ4n) is 2.89. The van der Waals surface area contributed by atoms with Crippen molar-refractivity contribution in [3.05, 3.63) is 35.4 Å². The average molecular weight is 268 g/mol. The molecular formula is C15H18F2O2. The van der Waals surface area contributed by atoms with Gasteiger partial charge in [-0.2, -0.15) is 0 Å². The van der Waals surface area contributed by atoms with Crippen LogP contribution >= 0.6 is 0 Å². The van der Waals surface area contributed by atoms with E-state index in [-0.39, 0.29) is 17.9 Å². The van der Waals surface area contributed by atoms with Crippen molar-refractivity contribution in [2.75, 3.05) is 6.61 Å². The molecule has 0 N–H and O–H groups in total. The number of hydrogen-bond acceptors (Lipinski definition) is 2. The summed E-state index contributed by atoms with van der Waals surface area (Å²) in [5, 5.41) is 0. The summed E-state index contributed by atoms with van der Waals surface area (Å²) in [4.78, 5) is 10.9. The van der Waals surface area contributed by atoms with Crippen LogP contribution < -0.4 is 0 Å². The molecule has 0 saturated carbocycles. The highest BCUT2D eigenvalue weighted by atomic mass is 19.1.